The molecule has 1 atom stereocenters. The van der Waals surface area contributed by atoms with E-state index in [4.69, 9.17) is 11.5 Å². The summed E-state index contributed by atoms with van der Waals surface area (Å²) in [6.45, 7) is 0. The van der Waals surface area contributed by atoms with E-state index in [9.17, 15) is 0 Å². The zero-order chi connectivity index (χ0) is 10.7. The number of pyridine rings is 1. The lowest BCUT2D eigenvalue weighted by atomic mass is 10.1. The molecule has 0 radical (unpaired) electrons. The second-order valence-electron chi connectivity index (χ2n) is 3.41. The highest BCUT2D eigenvalue weighted by molar-refractivity contribution is 7.10. The molecule has 3 nitrogen and oxygen atoms in total. The van der Waals surface area contributed by atoms with E-state index >= 15 is 0 Å². The Morgan fingerprint density at radius 1 is 1.40 bits per heavy atom. The number of aromatic nitrogens is 1. The molecule has 78 valence electrons. The molecule has 4 heteroatoms. The van der Waals surface area contributed by atoms with Gasteiger partial charge in [-0.2, -0.15) is 0 Å². The second kappa shape index (κ2) is 4.42. The molecule has 0 saturated carbocycles. The third-order valence-electron chi connectivity index (χ3n) is 2.21. The van der Waals surface area contributed by atoms with Gasteiger partial charge in [-0.1, -0.05) is 6.07 Å². The lowest BCUT2D eigenvalue weighted by molar-refractivity contribution is 0.736. The normalized spacial score (nSPS) is 12.6. The molecular formula is C11H13N3S. The first-order chi connectivity index (χ1) is 7.25. The highest BCUT2D eigenvalue weighted by Gasteiger charge is 2.07. The molecule has 0 amide bonds. The minimum absolute atomic E-state index is 0.0480. The highest BCUT2D eigenvalue weighted by Crippen LogP contribution is 2.20. The van der Waals surface area contributed by atoms with Crippen LogP contribution in [-0.2, 0) is 6.42 Å². The van der Waals surface area contributed by atoms with Gasteiger partial charge in [-0.15, -0.1) is 11.3 Å². The Balaban J connectivity index is 2.09. The van der Waals surface area contributed by atoms with Crippen LogP contribution in [0.25, 0.3) is 0 Å². The highest BCUT2D eigenvalue weighted by atomic mass is 32.1. The lowest BCUT2D eigenvalue weighted by Gasteiger charge is -2.09. The number of hydrogen-bond donors (Lipinski definition) is 2. The number of nitrogen functional groups attached to an aromatic ring is 1. The predicted molar refractivity (Wildman–Crippen MR) is 63.6 cm³/mol. The first kappa shape index (κ1) is 10.1. The summed E-state index contributed by atoms with van der Waals surface area (Å²) in [5.74, 6) is 0.547. The Morgan fingerprint density at radius 2 is 2.27 bits per heavy atom. The zero-order valence-electron chi connectivity index (χ0n) is 8.26. The molecule has 2 aromatic rings. The predicted octanol–water partition coefficient (Wildman–Crippen LogP) is 1.97. The zero-order valence-corrected chi connectivity index (χ0v) is 9.08. The van der Waals surface area contributed by atoms with Crippen LogP contribution in [0, 0.1) is 0 Å². The van der Waals surface area contributed by atoms with Gasteiger partial charge in [-0.25, -0.2) is 4.98 Å². The first-order valence-corrected chi connectivity index (χ1v) is 5.63. The number of nitrogens with two attached hydrogens (primary N) is 2. The van der Waals surface area contributed by atoms with Crippen molar-refractivity contribution in [1.82, 2.24) is 4.98 Å². The van der Waals surface area contributed by atoms with E-state index < -0.39 is 0 Å². The molecule has 0 saturated heterocycles. The van der Waals surface area contributed by atoms with Crippen LogP contribution >= 0.6 is 11.3 Å². The van der Waals surface area contributed by atoms with Crippen molar-refractivity contribution in [3.05, 3.63) is 46.3 Å². The van der Waals surface area contributed by atoms with Crippen molar-refractivity contribution in [1.29, 1.82) is 0 Å². The number of hydrogen-bond acceptors (Lipinski definition) is 4. The summed E-state index contributed by atoms with van der Waals surface area (Å²) >= 11 is 1.68. The fourth-order valence-electron chi connectivity index (χ4n) is 1.48. The van der Waals surface area contributed by atoms with E-state index in [0.717, 1.165) is 12.0 Å². The smallest absolute Gasteiger partial charge is 0.123 e. The van der Waals surface area contributed by atoms with Crippen molar-refractivity contribution in [3.63, 3.8) is 0 Å². The maximum Gasteiger partial charge on any atom is 0.123 e. The van der Waals surface area contributed by atoms with Crippen molar-refractivity contribution >= 4 is 17.2 Å². The number of rotatable bonds is 3. The van der Waals surface area contributed by atoms with E-state index in [2.05, 4.69) is 11.1 Å². The van der Waals surface area contributed by atoms with Gasteiger partial charge in [-0.3, -0.25) is 0 Å². The summed E-state index contributed by atoms with van der Waals surface area (Å²) in [6, 6.07) is 7.93. The van der Waals surface area contributed by atoms with Gasteiger partial charge in [0, 0.05) is 17.1 Å². The topological polar surface area (TPSA) is 64.9 Å². The van der Waals surface area contributed by atoms with Crippen molar-refractivity contribution in [3.8, 4) is 0 Å². The van der Waals surface area contributed by atoms with Crippen molar-refractivity contribution in [2.24, 2.45) is 5.73 Å². The van der Waals surface area contributed by atoms with Crippen molar-refractivity contribution < 1.29 is 0 Å². The SMILES string of the molecule is Nc1cc(CC(N)c2cccs2)ccn1. The third kappa shape index (κ3) is 2.55. The largest absolute Gasteiger partial charge is 0.384 e. The molecule has 2 rings (SSSR count). The standard InChI is InChI=1S/C11H13N3S/c12-9(10-2-1-5-15-10)6-8-3-4-14-11(13)7-8/h1-5,7,9H,6,12H2,(H2,13,14). The molecule has 0 aromatic carbocycles. The fraction of sp³-hybridized carbons (Fsp3) is 0.182. The average molecular weight is 219 g/mol. The average Bonchev–Trinajstić information content (AvgIpc) is 2.70. The van der Waals surface area contributed by atoms with E-state index in [0.29, 0.717) is 5.82 Å². The van der Waals surface area contributed by atoms with Gasteiger partial charge in [0.15, 0.2) is 0 Å². The number of nitrogens with zero attached hydrogens (tertiary/aromatic N) is 1. The first-order valence-electron chi connectivity index (χ1n) is 4.75. The van der Waals surface area contributed by atoms with Gasteiger partial charge in [0.25, 0.3) is 0 Å². The van der Waals surface area contributed by atoms with Gasteiger partial charge < -0.3 is 11.5 Å². The second-order valence-corrected chi connectivity index (χ2v) is 4.39. The van der Waals surface area contributed by atoms with E-state index in [1.165, 1.54) is 4.88 Å². The lowest BCUT2D eigenvalue weighted by Crippen LogP contribution is -2.11. The van der Waals surface area contributed by atoms with Gasteiger partial charge in [0.2, 0.25) is 0 Å². The Kier molecular flexibility index (Phi) is 2.99. The van der Waals surface area contributed by atoms with Gasteiger partial charge in [-0.05, 0) is 35.6 Å². The summed E-state index contributed by atoms with van der Waals surface area (Å²) in [5.41, 5.74) is 12.8. The monoisotopic (exact) mass is 219 g/mol. The molecule has 0 aliphatic carbocycles. The number of anilines is 1. The molecule has 0 aliphatic heterocycles. The summed E-state index contributed by atoms with van der Waals surface area (Å²) in [5, 5.41) is 2.04. The molecule has 2 aromatic heterocycles. The van der Waals surface area contributed by atoms with Crippen molar-refractivity contribution in [2.45, 2.75) is 12.5 Å². The van der Waals surface area contributed by atoms with Gasteiger partial charge >= 0.3 is 0 Å². The van der Waals surface area contributed by atoms with Crippen LogP contribution in [-0.4, -0.2) is 4.98 Å². The van der Waals surface area contributed by atoms with Crippen LogP contribution in [0.2, 0.25) is 0 Å². The van der Waals surface area contributed by atoms with Crippen LogP contribution in [0.5, 0.6) is 0 Å². The van der Waals surface area contributed by atoms with Gasteiger partial charge in [0.1, 0.15) is 5.82 Å². The molecule has 0 bridgehead atoms. The Bertz CT molecular complexity index is 425. The summed E-state index contributed by atoms with van der Waals surface area (Å²) < 4.78 is 0. The van der Waals surface area contributed by atoms with Crippen molar-refractivity contribution in [2.75, 3.05) is 5.73 Å². The van der Waals surface area contributed by atoms with Gasteiger partial charge in [0.05, 0.1) is 0 Å². The van der Waals surface area contributed by atoms with E-state index in [-0.39, 0.29) is 6.04 Å². The minimum atomic E-state index is 0.0480. The van der Waals surface area contributed by atoms with Crippen LogP contribution in [0.4, 0.5) is 5.82 Å². The molecule has 2 heterocycles. The van der Waals surface area contributed by atoms with E-state index in [1.807, 2.05) is 23.6 Å². The summed E-state index contributed by atoms with van der Waals surface area (Å²) in [7, 11) is 0. The van der Waals surface area contributed by atoms with Crippen LogP contribution < -0.4 is 11.5 Å². The Hall–Kier alpha value is -1.39. The molecule has 0 spiro atoms. The molecule has 0 aliphatic rings. The van der Waals surface area contributed by atoms with Crippen LogP contribution in [0.15, 0.2) is 35.8 Å². The van der Waals surface area contributed by atoms with Crippen LogP contribution in [0.1, 0.15) is 16.5 Å². The third-order valence-corrected chi connectivity index (χ3v) is 3.21. The maximum atomic E-state index is 6.07. The fourth-order valence-corrected chi connectivity index (χ4v) is 2.21. The molecular weight excluding hydrogens is 206 g/mol. The quantitative estimate of drug-likeness (QED) is 0.829. The maximum absolute atomic E-state index is 6.07. The molecule has 4 N–H and O–H groups in total. The summed E-state index contributed by atoms with van der Waals surface area (Å²) in [4.78, 5) is 5.15. The minimum Gasteiger partial charge on any atom is -0.384 e. The Morgan fingerprint density at radius 3 is 2.93 bits per heavy atom. The molecule has 1 unspecified atom stereocenters. The van der Waals surface area contributed by atoms with Crippen LogP contribution in [0.3, 0.4) is 0 Å². The number of thiophene rings is 1. The molecule has 15 heavy (non-hydrogen) atoms. The molecule has 0 fully saturated rings. The summed E-state index contributed by atoms with van der Waals surface area (Å²) in [6.07, 6.45) is 2.51. The van der Waals surface area contributed by atoms with E-state index in [1.54, 1.807) is 17.5 Å². The Labute approximate surface area is 92.8 Å².